The van der Waals surface area contributed by atoms with Crippen molar-refractivity contribution >= 4 is 50.6 Å². The second-order valence-corrected chi connectivity index (χ2v) is 13.1. The standard InChI is InChI=1S/C35H34N6O4S/c1-20-17-26(45-25-5-3-2-4-6-25)13-14-27(20)41-28-15-16-37-34-29(28)30(40-35(41)44)31(46-34)33(43)39-24-11-9-23(10-12-24)38-32(42)22(19-36)18-21-7-8-21/h2-6,13-18,21,23-24,32,38,42H,7-12H2,1H3,(H,39,43)(H,40,44)/b22-18+/t23-,24+,32?. The first-order chi connectivity index (χ1) is 22.4. The van der Waals surface area contributed by atoms with Crippen molar-refractivity contribution in [2.24, 2.45) is 5.92 Å². The third kappa shape index (κ3) is 6.07. The lowest BCUT2D eigenvalue weighted by atomic mass is 9.90. The molecular formula is C35H34N6O4S. The first kappa shape index (κ1) is 29.9. The van der Waals surface area contributed by atoms with E-state index in [1.807, 2.05) is 61.5 Å². The van der Waals surface area contributed by atoms with Crippen LogP contribution in [0, 0.1) is 24.2 Å². The number of hydrogen-bond donors (Lipinski definition) is 4. The molecule has 4 aromatic rings. The minimum atomic E-state index is -0.970. The number of aromatic nitrogens is 1. The van der Waals surface area contributed by atoms with Crippen molar-refractivity contribution in [3.8, 4) is 17.6 Å². The van der Waals surface area contributed by atoms with Crippen LogP contribution in [0.1, 0.15) is 53.8 Å². The number of ether oxygens (including phenoxy) is 1. The summed E-state index contributed by atoms with van der Waals surface area (Å²) in [4.78, 5) is 34.5. The second kappa shape index (κ2) is 12.6. The smallest absolute Gasteiger partial charge is 0.331 e. The van der Waals surface area contributed by atoms with Crippen LogP contribution in [0.15, 0.2) is 72.4 Å². The van der Waals surface area contributed by atoms with E-state index in [4.69, 9.17) is 4.74 Å². The number of aliphatic hydroxyl groups is 1. The first-order valence-corrected chi connectivity index (χ1v) is 16.4. The van der Waals surface area contributed by atoms with Crippen molar-refractivity contribution in [1.29, 1.82) is 5.26 Å². The van der Waals surface area contributed by atoms with Crippen molar-refractivity contribution in [3.05, 3.63) is 82.9 Å². The largest absolute Gasteiger partial charge is 0.457 e. The van der Waals surface area contributed by atoms with Gasteiger partial charge >= 0.3 is 6.03 Å². The van der Waals surface area contributed by atoms with Crippen molar-refractivity contribution in [3.63, 3.8) is 0 Å². The lowest BCUT2D eigenvalue weighted by Crippen LogP contribution is -2.45. The SMILES string of the molecule is Cc1cc(Oc2ccccc2)ccc1N1C(=O)Nc2c(C(=O)N[C@H]3CC[C@@H](NC(O)/C(C#N)=C/C4CC4)CC3)sc3nccc1c23. The van der Waals surface area contributed by atoms with E-state index in [0.29, 0.717) is 44.0 Å². The van der Waals surface area contributed by atoms with E-state index in [1.54, 1.807) is 17.2 Å². The predicted molar refractivity (Wildman–Crippen MR) is 178 cm³/mol. The number of amides is 3. The molecule has 1 atom stereocenters. The Labute approximate surface area is 270 Å². The van der Waals surface area contributed by atoms with Crippen LogP contribution in [0.5, 0.6) is 11.5 Å². The Hall–Kier alpha value is -4.76. The molecule has 46 heavy (non-hydrogen) atoms. The van der Waals surface area contributed by atoms with E-state index >= 15 is 0 Å². The van der Waals surface area contributed by atoms with Crippen molar-refractivity contribution < 1.29 is 19.4 Å². The molecule has 2 fully saturated rings. The average Bonchev–Trinajstić information content (AvgIpc) is 3.81. The number of allylic oxidation sites excluding steroid dienone is 1. The molecule has 3 aliphatic rings. The van der Waals surface area contributed by atoms with Crippen LogP contribution >= 0.6 is 11.3 Å². The van der Waals surface area contributed by atoms with Crippen LogP contribution in [0.4, 0.5) is 21.9 Å². The van der Waals surface area contributed by atoms with E-state index in [-0.39, 0.29) is 24.0 Å². The monoisotopic (exact) mass is 634 g/mol. The zero-order chi connectivity index (χ0) is 31.8. The molecule has 2 aromatic heterocycles. The maximum absolute atomic E-state index is 13.6. The number of hydrogen-bond acceptors (Lipinski definition) is 8. The molecule has 10 nitrogen and oxygen atoms in total. The minimum absolute atomic E-state index is 0.0416. The summed E-state index contributed by atoms with van der Waals surface area (Å²) in [6, 6.07) is 18.7. The normalized spacial score (nSPS) is 20.2. The number of nitrogens with zero attached hydrogens (tertiary/aromatic N) is 3. The van der Waals surface area contributed by atoms with E-state index in [9.17, 15) is 20.0 Å². The van der Waals surface area contributed by atoms with Gasteiger partial charge in [-0.3, -0.25) is 15.0 Å². The van der Waals surface area contributed by atoms with E-state index in [1.165, 1.54) is 11.3 Å². The third-order valence-electron chi connectivity index (χ3n) is 8.76. The van der Waals surface area contributed by atoms with Gasteiger partial charge in [-0.25, -0.2) is 9.78 Å². The Balaban J connectivity index is 1.05. The summed E-state index contributed by atoms with van der Waals surface area (Å²) < 4.78 is 5.99. The summed E-state index contributed by atoms with van der Waals surface area (Å²) in [5.41, 5.74) is 3.08. The zero-order valence-electron chi connectivity index (χ0n) is 25.3. The number of carbonyl (C=O) groups is 2. The number of anilines is 3. The molecule has 1 unspecified atom stereocenters. The van der Waals surface area contributed by atoms with Crippen LogP contribution < -0.4 is 25.6 Å². The molecule has 0 spiro atoms. The molecule has 4 N–H and O–H groups in total. The van der Waals surface area contributed by atoms with E-state index < -0.39 is 6.23 Å². The highest BCUT2D eigenvalue weighted by Gasteiger charge is 2.34. The molecule has 3 amide bonds. The fourth-order valence-electron chi connectivity index (χ4n) is 6.23. The average molecular weight is 635 g/mol. The highest BCUT2D eigenvalue weighted by molar-refractivity contribution is 7.21. The Morgan fingerprint density at radius 2 is 1.85 bits per heavy atom. The Kier molecular flexibility index (Phi) is 8.17. The van der Waals surface area contributed by atoms with E-state index in [0.717, 1.165) is 55.2 Å². The number of aliphatic hydroxyl groups excluding tert-OH is 1. The molecule has 0 saturated heterocycles. The van der Waals surface area contributed by atoms with Gasteiger partial charge in [0.15, 0.2) is 0 Å². The number of benzene rings is 2. The fourth-order valence-corrected chi connectivity index (χ4v) is 7.25. The summed E-state index contributed by atoms with van der Waals surface area (Å²) in [6.07, 6.45) is 7.69. The summed E-state index contributed by atoms with van der Waals surface area (Å²) in [7, 11) is 0. The molecule has 0 bridgehead atoms. The summed E-state index contributed by atoms with van der Waals surface area (Å²) in [5, 5.41) is 30.0. The van der Waals surface area contributed by atoms with Crippen LogP contribution in [0.25, 0.3) is 10.2 Å². The number of thiophene rings is 1. The van der Waals surface area contributed by atoms with Gasteiger partial charge < -0.3 is 20.5 Å². The van der Waals surface area contributed by atoms with Crippen molar-refractivity contribution in [2.45, 2.75) is 63.8 Å². The number of pyridine rings is 1. The molecule has 7 rings (SSSR count). The molecule has 2 aromatic carbocycles. The molecule has 234 valence electrons. The molecular weight excluding hydrogens is 600 g/mol. The van der Waals surface area contributed by atoms with Crippen LogP contribution in [-0.2, 0) is 0 Å². The number of aryl methyl sites for hydroxylation is 1. The quantitative estimate of drug-likeness (QED) is 0.116. The van der Waals surface area contributed by atoms with Gasteiger partial charge in [-0.05, 0) is 93.3 Å². The van der Waals surface area contributed by atoms with Gasteiger partial charge in [0.1, 0.15) is 27.4 Å². The third-order valence-corrected chi connectivity index (χ3v) is 9.85. The number of nitrogens with one attached hydrogen (secondary N) is 3. The topological polar surface area (TPSA) is 140 Å². The summed E-state index contributed by atoms with van der Waals surface area (Å²) in [6.45, 7) is 1.93. The highest BCUT2D eigenvalue weighted by atomic mass is 32.1. The molecule has 11 heteroatoms. The first-order valence-electron chi connectivity index (χ1n) is 15.6. The van der Waals surface area contributed by atoms with Gasteiger partial charge in [-0.1, -0.05) is 24.3 Å². The maximum Gasteiger partial charge on any atom is 0.331 e. The number of carbonyl (C=O) groups excluding carboxylic acids is 2. The summed E-state index contributed by atoms with van der Waals surface area (Å²) in [5.74, 6) is 1.56. The number of nitriles is 1. The Morgan fingerprint density at radius 3 is 2.57 bits per heavy atom. The summed E-state index contributed by atoms with van der Waals surface area (Å²) >= 11 is 1.26. The van der Waals surface area contributed by atoms with Crippen molar-refractivity contribution in [1.82, 2.24) is 15.6 Å². The predicted octanol–water partition coefficient (Wildman–Crippen LogP) is 6.89. The van der Waals surface area contributed by atoms with Crippen molar-refractivity contribution in [2.75, 3.05) is 10.2 Å². The minimum Gasteiger partial charge on any atom is -0.457 e. The molecule has 2 aliphatic carbocycles. The Morgan fingerprint density at radius 1 is 1.09 bits per heavy atom. The molecule has 2 saturated carbocycles. The second-order valence-electron chi connectivity index (χ2n) is 12.1. The van der Waals surface area contributed by atoms with Crippen LogP contribution in [-0.4, -0.2) is 40.3 Å². The molecule has 0 radical (unpaired) electrons. The van der Waals surface area contributed by atoms with Gasteiger partial charge in [-0.15, -0.1) is 11.3 Å². The number of rotatable bonds is 9. The van der Waals surface area contributed by atoms with Gasteiger partial charge in [-0.2, -0.15) is 5.26 Å². The highest BCUT2D eigenvalue weighted by Crippen LogP contribution is 2.46. The van der Waals surface area contributed by atoms with Gasteiger partial charge in [0.05, 0.1) is 34.1 Å². The van der Waals surface area contributed by atoms with Crippen LogP contribution in [0.2, 0.25) is 0 Å². The fraction of sp³-hybridized carbons (Fsp3) is 0.314. The maximum atomic E-state index is 13.6. The zero-order valence-corrected chi connectivity index (χ0v) is 26.1. The number of urea groups is 1. The van der Waals surface area contributed by atoms with Gasteiger partial charge in [0.25, 0.3) is 5.91 Å². The number of para-hydroxylation sites is 1. The Bertz CT molecular complexity index is 1870. The lowest BCUT2D eigenvalue weighted by Gasteiger charge is -2.31. The van der Waals surface area contributed by atoms with Gasteiger partial charge in [0, 0.05) is 18.3 Å². The van der Waals surface area contributed by atoms with Gasteiger partial charge in [0.2, 0.25) is 0 Å². The van der Waals surface area contributed by atoms with E-state index in [2.05, 4.69) is 27.0 Å². The lowest BCUT2D eigenvalue weighted by molar-refractivity contribution is 0.0920. The molecule has 3 heterocycles. The van der Waals surface area contributed by atoms with Crippen LogP contribution in [0.3, 0.4) is 0 Å². The molecule has 1 aliphatic heterocycles.